The lowest BCUT2D eigenvalue weighted by Gasteiger charge is -2.03. The van der Waals surface area contributed by atoms with Crippen molar-refractivity contribution in [2.24, 2.45) is 5.73 Å². The molecule has 0 aromatic carbocycles. The zero-order chi connectivity index (χ0) is 16.7. The first-order valence-electron chi connectivity index (χ1n) is 7.46. The van der Waals surface area contributed by atoms with E-state index in [4.69, 9.17) is 16.3 Å². The minimum atomic E-state index is -0.430. The number of rotatable bonds is 5. The Balaban J connectivity index is 0.00000116. The summed E-state index contributed by atoms with van der Waals surface area (Å²) in [6.07, 6.45) is 3.52. The van der Waals surface area contributed by atoms with E-state index in [1.165, 1.54) is 4.68 Å². The lowest BCUT2D eigenvalue weighted by Crippen LogP contribution is -2.18. The van der Waals surface area contributed by atoms with Crippen LogP contribution >= 0.6 is 0 Å². The molecule has 2 heterocycles. The molecule has 0 aliphatic rings. The lowest BCUT2D eigenvalue weighted by atomic mass is 10.1. The first-order valence-corrected chi connectivity index (χ1v) is 7.46. The Morgan fingerprint density at radius 3 is 2.68 bits per heavy atom. The molecule has 0 spiro atoms. The zero-order valence-corrected chi connectivity index (χ0v) is 13.7. The fourth-order valence-electron chi connectivity index (χ4n) is 2.10. The highest BCUT2D eigenvalue weighted by Crippen LogP contribution is 2.25. The van der Waals surface area contributed by atoms with Crippen molar-refractivity contribution in [1.29, 1.82) is 0 Å². The van der Waals surface area contributed by atoms with E-state index < -0.39 is 5.97 Å². The molecule has 0 unspecified atom stereocenters. The van der Waals surface area contributed by atoms with E-state index >= 15 is 0 Å². The highest BCUT2D eigenvalue weighted by molar-refractivity contribution is 5.92. The van der Waals surface area contributed by atoms with E-state index in [1.54, 1.807) is 17.8 Å². The van der Waals surface area contributed by atoms with Gasteiger partial charge < -0.3 is 16.3 Å². The van der Waals surface area contributed by atoms with Gasteiger partial charge in [-0.15, -0.1) is 0 Å². The lowest BCUT2D eigenvalue weighted by molar-refractivity contribution is 0.0515. The molecule has 0 saturated carbocycles. The predicted molar refractivity (Wildman–Crippen MR) is 86.9 cm³/mol. The van der Waals surface area contributed by atoms with Gasteiger partial charge in [-0.3, -0.25) is 9.36 Å². The van der Waals surface area contributed by atoms with E-state index in [1.807, 2.05) is 33.0 Å². The number of hydrogen-bond donors (Lipinski definition) is 2. The maximum atomic E-state index is 11.9. The normalized spacial score (nSPS) is 10.0. The number of aromatic nitrogens is 3. The third kappa shape index (κ3) is 3.67. The number of carbonyl (C=O) groups is 1. The molecular weight excluding hydrogens is 282 g/mol. The van der Waals surface area contributed by atoms with E-state index in [2.05, 4.69) is 5.10 Å². The smallest absolute Gasteiger partial charge is 0.357 e. The summed E-state index contributed by atoms with van der Waals surface area (Å²) in [6, 6.07) is 1.87. The topological polar surface area (TPSA) is 101 Å². The monoisotopic (exact) mass is 307 g/mol. The van der Waals surface area contributed by atoms with Crippen LogP contribution in [0.15, 0.2) is 18.5 Å². The SMILES string of the molecule is CC.CCOC(=O)c1c(C)c(-c2ccn(CCN)n2)cn1N. The third-order valence-corrected chi connectivity index (χ3v) is 3.03. The molecule has 0 radical (unpaired) electrons. The molecule has 0 aliphatic heterocycles. The standard InChI is InChI=1S/C13H19N5O2.C2H6/c1-3-20-13(19)12-9(2)10(8-18(12)15)11-4-6-17(16-11)7-5-14;1-2/h4,6,8H,3,5,7,14-15H2,1-2H3;1-2H3. The van der Waals surface area contributed by atoms with Crippen LogP contribution in [0.2, 0.25) is 0 Å². The molecule has 0 bridgehead atoms. The van der Waals surface area contributed by atoms with Crippen molar-refractivity contribution in [2.45, 2.75) is 34.2 Å². The Hall–Kier alpha value is -2.28. The molecule has 2 aromatic heterocycles. The molecule has 0 saturated heterocycles. The Morgan fingerprint density at radius 1 is 1.41 bits per heavy atom. The van der Waals surface area contributed by atoms with Gasteiger partial charge >= 0.3 is 5.97 Å². The molecular formula is C15H25N5O2. The summed E-state index contributed by atoms with van der Waals surface area (Å²) in [6.45, 7) is 9.06. The van der Waals surface area contributed by atoms with Crippen LogP contribution in [-0.4, -0.2) is 33.6 Å². The number of carbonyl (C=O) groups excluding carboxylic acids is 1. The summed E-state index contributed by atoms with van der Waals surface area (Å²) in [4.78, 5) is 11.9. The van der Waals surface area contributed by atoms with Crippen LogP contribution in [-0.2, 0) is 11.3 Å². The Kier molecular flexibility index (Phi) is 6.65. The molecule has 4 N–H and O–H groups in total. The van der Waals surface area contributed by atoms with Crippen molar-refractivity contribution < 1.29 is 9.53 Å². The second-order valence-electron chi connectivity index (χ2n) is 4.40. The summed E-state index contributed by atoms with van der Waals surface area (Å²) >= 11 is 0. The van der Waals surface area contributed by atoms with E-state index in [9.17, 15) is 4.79 Å². The zero-order valence-electron chi connectivity index (χ0n) is 13.7. The summed E-state index contributed by atoms with van der Waals surface area (Å²) in [5, 5.41) is 4.41. The minimum Gasteiger partial charge on any atom is -0.461 e. The molecule has 0 fully saturated rings. The second-order valence-corrected chi connectivity index (χ2v) is 4.40. The number of hydrogen-bond acceptors (Lipinski definition) is 5. The molecule has 122 valence electrons. The van der Waals surface area contributed by atoms with Crippen LogP contribution in [0, 0.1) is 6.92 Å². The first-order chi connectivity index (χ1) is 10.6. The quantitative estimate of drug-likeness (QED) is 0.644. The van der Waals surface area contributed by atoms with Crippen molar-refractivity contribution in [2.75, 3.05) is 19.0 Å². The average Bonchev–Trinajstić information content (AvgIpc) is 3.06. The number of nitrogens with two attached hydrogens (primary N) is 2. The molecule has 7 heteroatoms. The largest absolute Gasteiger partial charge is 0.461 e. The number of nitrogens with zero attached hydrogens (tertiary/aromatic N) is 3. The summed E-state index contributed by atoms with van der Waals surface area (Å²) in [5.74, 6) is 5.41. The van der Waals surface area contributed by atoms with Crippen LogP contribution in [0.1, 0.15) is 36.8 Å². The molecule has 0 amide bonds. The van der Waals surface area contributed by atoms with Gasteiger partial charge in [0.1, 0.15) is 0 Å². The minimum absolute atomic E-state index is 0.309. The van der Waals surface area contributed by atoms with Crippen molar-refractivity contribution in [3.05, 3.63) is 29.7 Å². The van der Waals surface area contributed by atoms with Gasteiger partial charge in [0.05, 0.1) is 18.8 Å². The number of ether oxygens (including phenoxy) is 1. The molecule has 0 aliphatic carbocycles. The molecule has 22 heavy (non-hydrogen) atoms. The van der Waals surface area contributed by atoms with Crippen LogP contribution < -0.4 is 11.6 Å². The van der Waals surface area contributed by atoms with Crippen LogP contribution in [0.4, 0.5) is 0 Å². The summed E-state index contributed by atoms with van der Waals surface area (Å²) in [7, 11) is 0. The van der Waals surface area contributed by atoms with Gasteiger partial charge in [-0.2, -0.15) is 5.10 Å². The predicted octanol–water partition coefficient (Wildman–Crippen LogP) is 1.54. The Labute approximate surface area is 130 Å². The van der Waals surface area contributed by atoms with Crippen molar-refractivity contribution in [1.82, 2.24) is 14.5 Å². The fraction of sp³-hybridized carbons (Fsp3) is 0.467. The van der Waals surface area contributed by atoms with Gasteiger partial charge in [0, 0.05) is 24.5 Å². The maximum absolute atomic E-state index is 11.9. The number of esters is 1. The average molecular weight is 307 g/mol. The molecule has 2 rings (SSSR count). The van der Waals surface area contributed by atoms with Gasteiger partial charge in [0.25, 0.3) is 0 Å². The highest BCUT2D eigenvalue weighted by atomic mass is 16.5. The number of nitrogen functional groups attached to an aromatic ring is 1. The van der Waals surface area contributed by atoms with Crippen LogP contribution in [0.3, 0.4) is 0 Å². The molecule has 0 atom stereocenters. The van der Waals surface area contributed by atoms with Gasteiger partial charge in [-0.1, -0.05) is 13.8 Å². The van der Waals surface area contributed by atoms with E-state index in [0.717, 1.165) is 16.8 Å². The van der Waals surface area contributed by atoms with Crippen molar-refractivity contribution in [3.8, 4) is 11.3 Å². The highest BCUT2D eigenvalue weighted by Gasteiger charge is 2.20. The van der Waals surface area contributed by atoms with Crippen LogP contribution in [0.25, 0.3) is 11.3 Å². The Morgan fingerprint density at radius 2 is 2.09 bits per heavy atom. The van der Waals surface area contributed by atoms with Crippen molar-refractivity contribution >= 4 is 5.97 Å². The first kappa shape index (κ1) is 17.8. The second kappa shape index (κ2) is 8.23. The van der Waals surface area contributed by atoms with E-state index in [0.29, 0.717) is 25.4 Å². The third-order valence-electron chi connectivity index (χ3n) is 3.03. The van der Waals surface area contributed by atoms with Gasteiger partial charge in [0.2, 0.25) is 0 Å². The van der Waals surface area contributed by atoms with Gasteiger partial charge in [-0.05, 0) is 25.5 Å². The van der Waals surface area contributed by atoms with Gasteiger partial charge in [-0.25, -0.2) is 4.79 Å². The summed E-state index contributed by atoms with van der Waals surface area (Å²) in [5.41, 5.74) is 8.16. The maximum Gasteiger partial charge on any atom is 0.357 e. The summed E-state index contributed by atoms with van der Waals surface area (Å²) < 4.78 is 8.04. The van der Waals surface area contributed by atoms with E-state index in [-0.39, 0.29) is 0 Å². The molecule has 7 nitrogen and oxygen atoms in total. The fourth-order valence-corrected chi connectivity index (χ4v) is 2.10. The van der Waals surface area contributed by atoms with Gasteiger partial charge in [0.15, 0.2) is 5.69 Å². The molecule has 2 aromatic rings. The Bertz CT molecular complexity index is 615. The van der Waals surface area contributed by atoms with Crippen LogP contribution in [0.5, 0.6) is 0 Å². The van der Waals surface area contributed by atoms with Crippen molar-refractivity contribution in [3.63, 3.8) is 0 Å².